The van der Waals surface area contributed by atoms with Crippen molar-refractivity contribution in [1.29, 1.82) is 0 Å². The van der Waals surface area contributed by atoms with E-state index in [4.69, 9.17) is 22.1 Å². The Labute approximate surface area is 103 Å². The van der Waals surface area contributed by atoms with Gasteiger partial charge in [-0.1, -0.05) is 12.2 Å². The molecule has 0 amide bonds. The van der Waals surface area contributed by atoms with Gasteiger partial charge in [0.1, 0.15) is 7.85 Å². The summed E-state index contributed by atoms with van der Waals surface area (Å²) in [7, 11) is 8.95. The van der Waals surface area contributed by atoms with Crippen LogP contribution in [-0.2, 0) is 14.2 Å². The first-order chi connectivity index (χ1) is 8.15. The number of rotatable bonds is 4. The predicted octanol–water partition coefficient (Wildman–Crippen LogP) is 0.442. The third kappa shape index (κ3) is 2.73. The molecule has 2 radical (unpaired) electrons. The van der Waals surface area contributed by atoms with Crippen LogP contribution in [0.1, 0.15) is 12.8 Å². The molecular weight excluding hydrogens is 219 g/mol. The number of hydrogen-bond acceptors (Lipinski definition) is 4. The lowest BCUT2D eigenvalue weighted by molar-refractivity contribution is -0.0964. The molecule has 4 nitrogen and oxygen atoms in total. The van der Waals surface area contributed by atoms with E-state index < -0.39 is 6.29 Å². The summed E-state index contributed by atoms with van der Waals surface area (Å²) in [6, 6.07) is -0.390. The van der Waals surface area contributed by atoms with Crippen LogP contribution < -0.4 is 0 Å². The first-order valence-corrected chi connectivity index (χ1v) is 5.98. The van der Waals surface area contributed by atoms with Crippen LogP contribution in [0.2, 0.25) is 0 Å². The first-order valence-electron chi connectivity index (χ1n) is 5.98. The second kappa shape index (κ2) is 5.52. The van der Waals surface area contributed by atoms with Gasteiger partial charge >= 0.3 is 0 Å². The van der Waals surface area contributed by atoms with Crippen molar-refractivity contribution < 1.29 is 19.3 Å². The molecule has 1 heterocycles. The first kappa shape index (κ1) is 13.1. The summed E-state index contributed by atoms with van der Waals surface area (Å²) in [4.78, 5) is 0. The van der Waals surface area contributed by atoms with Gasteiger partial charge in [0.05, 0.1) is 12.2 Å². The van der Waals surface area contributed by atoms with Gasteiger partial charge in [0.2, 0.25) is 0 Å². The molecule has 2 rings (SSSR count). The number of hydrogen-bond donors (Lipinski definition) is 1. The fraction of sp³-hybridized carbons (Fsp3) is 0.833. The highest BCUT2D eigenvalue weighted by atomic mass is 16.6. The van der Waals surface area contributed by atoms with Crippen molar-refractivity contribution in [1.82, 2.24) is 0 Å². The quantitative estimate of drug-likeness (QED) is 0.570. The summed E-state index contributed by atoms with van der Waals surface area (Å²) in [5, 5.41) is 9.50. The lowest BCUT2D eigenvalue weighted by Crippen LogP contribution is -2.21. The van der Waals surface area contributed by atoms with E-state index >= 15 is 0 Å². The molecule has 5 heteroatoms. The van der Waals surface area contributed by atoms with Gasteiger partial charge in [-0.25, -0.2) is 0 Å². The van der Waals surface area contributed by atoms with Crippen molar-refractivity contribution in [2.75, 3.05) is 14.2 Å². The molecule has 0 spiro atoms. The molecule has 0 aromatic carbocycles. The zero-order valence-corrected chi connectivity index (χ0v) is 10.3. The summed E-state index contributed by atoms with van der Waals surface area (Å²) in [5.41, 5.74) is 0. The Kier molecular flexibility index (Phi) is 4.25. The minimum Gasteiger partial charge on any atom is -0.387 e. The zero-order valence-electron chi connectivity index (χ0n) is 10.3. The Bertz CT molecular complexity index is 284. The maximum absolute atomic E-state index is 9.50. The van der Waals surface area contributed by atoms with Crippen molar-refractivity contribution in [2.45, 2.75) is 37.3 Å². The van der Waals surface area contributed by atoms with Gasteiger partial charge in [0.15, 0.2) is 6.29 Å². The fourth-order valence-electron chi connectivity index (χ4n) is 2.88. The molecule has 2 aliphatic rings. The normalized spacial score (nSPS) is 43.1. The molecule has 0 bridgehead atoms. The maximum atomic E-state index is 9.50. The molecule has 1 saturated heterocycles. The van der Waals surface area contributed by atoms with Crippen LogP contribution in [0.25, 0.3) is 0 Å². The molecule has 17 heavy (non-hydrogen) atoms. The van der Waals surface area contributed by atoms with Crippen LogP contribution in [0.5, 0.6) is 0 Å². The second-order valence-corrected chi connectivity index (χ2v) is 4.70. The van der Waals surface area contributed by atoms with Crippen molar-refractivity contribution >= 4 is 7.85 Å². The molecule has 0 aromatic heterocycles. The van der Waals surface area contributed by atoms with Crippen LogP contribution >= 0.6 is 0 Å². The van der Waals surface area contributed by atoms with Gasteiger partial charge in [-0.2, -0.15) is 0 Å². The van der Waals surface area contributed by atoms with Crippen molar-refractivity contribution in [3.63, 3.8) is 0 Å². The molecule has 0 aromatic rings. The van der Waals surface area contributed by atoms with Gasteiger partial charge in [-0.05, 0) is 5.92 Å². The fourth-order valence-corrected chi connectivity index (χ4v) is 2.88. The monoisotopic (exact) mass is 238 g/mol. The molecule has 1 aliphatic carbocycles. The highest BCUT2D eigenvalue weighted by Crippen LogP contribution is 2.44. The number of ether oxygens (including phenoxy) is 3. The zero-order chi connectivity index (χ0) is 12.4. The lowest BCUT2D eigenvalue weighted by atomic mass is 9.89. The Hall–Kier alpha value is -0.355. The molecule has 6 atom stereocenters. The van der Waals surface area contributed by atoms with Crippen LogP contribution in [0.3, 0.4) is 0 Å². The van der Waals surface area contributed by atoms with Crippen LogP contribution in [0, 0.1) is 11.8 Å². The Morgan fingerprint density at radius 3 is 2.82 bits per heavy atom. The third-order valence-corrected chi connectivity index (χ3v) is 3.77. The predicted molar refractivity (Wildman–Crippen MR) is 63.6 cm³/mol. The average molecular weight is 238 g/mol. The van der Waals surface area contributed by atoms with E-state index in [1.165, 1.54) is 0 Å². The van der Waals surface area contributed by atoms with Crippen LogP contribution in [0.4, 0.5) is 0 Å². The van der Waals surface area contributed by atoms with E-state index in [9.17, 15) is 5.11 Å². The van der Waals surface area contributed by atoms with E-state index in [-0.39, 0.29) is 24.1 Å². The second-order valence-electron chi connectivity index (χ2n) is 4.70. The average Bonchev–Trinajstić information content (AvgIpc) is 2.81. The number of fused-ring (bicyclic) bond motifs is 1. The Balaban J connectivity index is 2.04. The number of aliphatic hydroxyl groups excluding tert-OH is 1. The maximum Gasteiger partial charge on any atom is 0.155 e. The minimum absolute atomic E-state index is 0.100. The summed E-state index contributed by atoms with van der Waals surface area (Å²) >= 11 is 0. The van der Waals surface area contributed by atoms with Gasteiger partial charge in [-0.15, -0.1) is 0 Å². The van der Waals surface area contributed by atoms with Crippen molar-refractivity contribution in [3.8, 4) is 0 Å². The van der Waals surface area contributed by atoms with Gasteiger partial charge < -0.3 is 19.3 Å². The standard InChI is InChI=1S/C12H19BO4/c1-15-9-6-10-8(5-12(14)17-10)7(9)3-4-11(13)16-2/h3-4,7-12,14H,5-6H2,1-2H3/t7-,8-,9-,10+,11?,12?/m1/s1. The molecule has 2 fully saturated rings. The molecule has 1 saturated carbocycles. The van der Waals surface area contributed by atoms with E-state index in [0.717, 1.165) is 6.42 Å². The number of methoxy groups -OCH3 is 2. The summed E-state index contributed by atoms with van der Waals surface area (Å²) < 4.78 is 15.9. The van der Waals surface area contributed by atoms with Crippen LogP contribution in [0.15, 0.2) is 12.2 Å². The minimum atomic E-state index is -0.630. The summed E-state index contributed by atoms with van der Waals surface area (Å²) in [6.07, 6.45) is 4.98. The molecular formula is C12H19BO4. The van der Waals surface area contributed by atoms with Crippen LogP contribution in [-0.4, -0.2) is 51.7 Å². The molecule has 2 unspecified atom stereocenters. The molecule has 1 N–H and O–H groups in total. The van der Waals surface area contributed by atoms with Gasteiger partial charge in [-0.3, -0.25) is 0 Å². The summed E-state index contributed by atoms with van der Waals surface area (Å²) in [6.45, 7) is 0. The highest BCUT2D eigenvalue weighted by Gasteiger charge is 2.48. The number of aliphatic hydroxyl groups is 1. The van der Waals surface area contributed by atoms with Crippen molar-refractivity contribution in [2.24, 2.45) is 11.8 Å². The Morgan fingerprint density at radius 1 is 1.41 bits per heavy atom. The largest absolute Gasteiger partial charge is 0.387 e. The van der Waals surface area contributed by atoms with E-state index in [1.54, 1.807) is 14.2 Å². The van der Waals surface area contributed by atoms with Gasteiger partial charge in [0.25, 0.3) is 0 Å². The molecule has 1 aliphatic heterocycles. The summed E-state index contributed by atoms with van der Waals surface area (Å²) in [5.74, 6) is 0.554. The SMILES string of the molecule is [B]C(C=C[C@@H]1[C@H]2CC(O)O[C@H]2C[C@H]1OC)OC. The lowest BCUT2D eigenvalue weighted by Gasteiger charge is -2.19. The van der Waals surface area contributed by atoms with E-state index in [1.807, 2.05) is 12.2 Å². The van der Waals surface area contributed by atoms with Crippen molar-refractivity contribution in [3.05, 3.63) is 12.2 Å². The highest BCUT2D eigenvalue weighted by molar-refractivity contribution is 6.12. The Morgan fingerprint density at radius 2 is 2.18 bits per heavy atom. The topological polar surface area (TPSA) is 47.9 Å². The van der Waals surface area contributed by atoms with Gasteiger partial charge in [0, 0.05) is 39.0 Å². The van der Waals surface area contributed by atoms with E-state index in [0.29, 0.717) is 12.3 Å². The third-order valence-electron chi connectivity index (χ3n) is 3.77. The molecule has 94 valence electrons. The smallest absolute Gasteiger partial charge is 0.155 e. The van der Waals surface area contributed by atoms with E-state index in [2.05, 4.69) is 0 Å².